The summed E-state index contributed by atoms with van der Waals surface area (Å²) in [6, 6.07) is 15.0. The molecule has 176 valence electrons. The molecule has 4 rings (SSSR count). The zero-order valence-electron chi connectivity index (χ0n) is 19.3. The average Bonchev–Trinajstić information content (AvgIpc) is 3.32. The van der Waals surface area contributed by atoms with Crippen LogP contribution in [0.3, 0.4) is 0 Å². The summed E-state index contributed by atoms with van der Waals surface area (Å²) in [6.45, 7) is 3.44. The van der Waals surface area contributed by atoms with Gasteiger partial charge in [-0.15, -0.1) is 0 Å². The van der Waals surface area contributed by atoms with Crippen molar-refractivity contribution in [3.05, 3.63) is 78.1 Å². The lowest BCUT2D eigenvalue weighted by Gasteiger charge is -2.33. The Morgan fingerprint density at radius 1 is 1.09 bits per heavy atom. The molecule has 34 heavy (non-hydrogen) atoms. The van der Waals surface area contributed by atoms with Crippen molar-refractivity contribution in [1.82, 2.24) is 9.88 Å². The van der Waals surface area contributed by atoms with Crippen LogP contribution < -0.4 is 10.1 Å². The van der Waals surface area contributed by atoms with Crippen molar-refractivity contribution in [2.75, 3.05) is 19.5 Å². The van der Waals surface area contributed by atoms with Crippen molar-refractivity contribution >= 4 is 17.6 Å². The van der Waals surface area contributed by atoms with Crippen molar-refractivity contribution < 1.29 is 28.2 Å². The Morgan fingerprint density at radius 2 is 1.79 bits per heavy atom. The SMILES string of the molecule is COc1cc(NC(=C2C(=O)OC(C)(C)OC2=O)N(C)Cc2ccccc2)ccc1-c1cnco1. The predicted octanol–water partition coefficient (Wildman–Crippen LogP) is 3.94. The molecule has 1 aromatic heterocycles. The second kappa shape index (κ2) is 9.30. The van der Waals surface area contributed by atoms with E-state index in [1.807, 2.05) is 30.3 Å². The topological polar surface area (TPSA) is 103 Å². The first-order valence-electron chi connectivity index (χ1n) is 10.6. The second-order valence-corrected chi connectivity index (χ2v) is 8.15. The quantitative estimate of drug-likeness (QED) is 0.317. The van der Waals surface area contributed by atoms with Crippen LogP contribution in [0, 0.1) is 0 Å². The fraction of sp³-hybridized carbons (Fsp3) is 0.240. The molecule has 1 aliphatic heterocycles. The summed E-state index contributed by atoms with van der Waals surface area (Å²) in [6.07, 6.45) is 2.92. The summed E-state index contributed by atoms with van der Waals surface area (Å²) in [5.41, 5.74) is 2.04. The number of esters is 2. The lowest BCUT2D eigenvalue weighted by atomic mass is 10.1. The number of carbonyl (C=O) groups is 2. The summed E-state index contributed by atoms with van der Waals surface area (Å²) in [5, 5.41) is 3.18. The maximum Gasteiger partial charge on any atom is 0.352 e. The molecular formula is C25H25N3O6. The third-order valence-corrected chi connectivity index (χ3v) is 5.13. The van der Waals surface area contributed by atoms with Crippen LogP contribution in [0.15, 0.2) is 76.9 Å². The van der Waals surface area contributed by atoms with E-state index in [1.165, 1.54) is 27.4 Å². The minimum absolute atomic E-state index is 0.226. The van der Waals surface area contributed by atoms with Gasteiger partial charge in [-0.05, 0) is 17.7 Å². The number of benzene rings is 2. The molecule has 0 saturated carbocycles. The van der Waals surface area contributed by atoms with E-state index in [-0.39, 0.29) is 11.4 Å². The van der Waals surface area contributed by atoms with E-state index in [1.54, 1.807) is 36.3 Å². The van der Waals surface area contributed by atoms with Crippen LogP contribution in [0.25, 0.3) is 11.3 Å². The number of cyclic esters (lactones) is 2. The molecule has 9 nitrogen and oxygen atoms in total. The van der Waals surface area contributed by atoms with Gasteiger partial charge in [-0.25, -0.2) is 14.6 Å². The van der Waals surface area contributed by atoms with Crippen molar-refractivity contribution in [3.8, 4) is 17.1 Å². The number of anilines is 1. The highest BCUT2D eigenvalue weighted by molar-refractivity contribution is 6.16. The number of hydrogen-bond donors (Lipinski definition) is 1. The predicted molar refractivity (Wildman–Crippen MR) is 123 cm³/mol. The van der Waals surface area contributed by atoms with E-state index in [4.69, 9.17) is 18.6 Å². The molecule has 0 spiro atoms. The van der Waals surface area contributed by atoms with Crippen LogP contribution in [0.2, 0.25) is 0 Å². The summed E-state index contributed by atoms with van der Waals surface area (Å²) in [5.74, 6) is -1.58. The number of rotatable bonds is 7. The minimum Gasteiger partial charge on any atom is -0.496 e. The van der Waals surface area contributed by atoms with Crippen molar-refractivity contribution in [2.24, 2.45) is 0 Å². The fourth-order valence-corrected chi connectivity index (χ4v) is 3.59. The van der Waals surface area contributed by atoms with Crippen LogP contribution in [0.1, 0.15) is 19.4 Å². The lowest BCUT2D eigenvalue weighted by molar-refractivity contribution is -0.222. The van der Waals surface area contributed by atoms with Gasteiger partial charge in [0, 0.05) is 39.2 Å². The number of ether oxygens (including phenoxy) is 3. The van der Waals surface area contributed by atoms with Crippen LogP contribution in [0.5, 0.6) is 5.75 Å². The van der Waals surface area contributed by atoms with E-state index in [9.17, 15) is 9.59 Å². The van der Waals surface area contributed by atoms with E-state index in [2.05, 4.69) is 10.3 Å². The zero-order chi connectivity index (χ0) is 24.3. The Morgan fingerprint density at radius 3 is 2.41 bits per heavy atom. The van der Waals surface area contributed by atoms with E-state index in [0.29, 0.717) is 29.3 Å². The second-order valence-electron chi connectivity index (χ2n) is 8.15. The average molecular weight is 463 g/mol. The fourth-order valence-electron chi connectivity index (χ4n) is 3.59. The van der Waals surface area contributed by atoms with Gasteiger partial charge in [0.25, 0.3) is 5.79 Å². The van der Waals surface area contributed by atoms with E-state index in [0.717, 1.165) is 5.56 Å². The largest absolute Gasteiger partial charge is 0.496 e. The highest BCUT2D eigenvalue weighted by Crippen LogP contribution is 2.34. The molecule has 1 N–H and O–H groups in total. The van der Waals surface area contributed by atoms with Crippen LogP contribution in [0.4, 0.5) is 5.69 Å². The number of nitrogens with zero attached hydrogens (tertiary/aromatic N) is 2. The van der Waals surface area contributed by atoms with Gasteiger partial charge in [0.15, 0.2) is 17.7 Å². The van der Waals surface area contributed by atoms with Crippen LogP contribution >= 0.6 is 0 Å². The molecule has 0 unspecified atom stereocenters. The normalized spacial score (nSPS) is 14.8. The Balaban J connectivity index is 1.73. The summed E-state index contributed by atoms with van der Waals surface area (Å²) in [4.78, 5) is 31.4. The third kappa shape index (κ3) is 4.88. The van der Waals surface area contributed by atoms with Gasteiger partial charge < -0.3 is 28.8 Å². The van der Waals surface area contributed by atoms with Gasteiger partial charge in [-0.2, -0.15) is 0 Å². The Bertz CT molecular complexity index is 1200. The van der Waals surface area contributed by atoms with Gasteiger partial charge in [0.2, 0.25) is 0 Å². The summed E-state index contributed by atoms with van der Waals surface area (Å²) in [7, 11) is 3.31. The minimum atomic E-state index is -1.34. The maximum absolute atomic E-state index is 12.8. The third-order valence-electron chi connectivity index (χ3n) is 5.13. The number of oxazole rings is 1. The molecule has 3 aromatic rings. The van der Waals surface area contributed by atoms with Crippen molar-refractivity contribution in [2.45, 2.75) is 26.2 Å². The highest BCUT2D eigenvalue weighted by atomic mass is 16.7. The number of nitrogens with one attached hydrogen (secondary N) is 1. The number of carbonyl (C=O) groups excluding carboxylic acids is 2. The first-order chi connectivity index (χ1) is 16.3. The van der Waals surface area contributed by atoms with Crippen molar-refractivity contribution in [1.29, 1.82) is 0 Å². The summed E-state index contributed by atoms with van der Waals surface area (Å²) >= 11 is 0. The first kappa shape index (κ1) is 22.9. The van der Waals surface area contributed by atoms with Gasteiger partial charge in [-0.3, -0.25) is 0 Å². The molecular weight excluding hydrogens is 438 g/mol. The first-order valence-corrected chi connectivity index (χ1v) is 10.6. The maximum atomic E-state index is 12.8. The molecule has 0 atom stereocenters. The standard InChI is InChI=1S/C25H25N3O6/c1-25(2)33-23(29)21(24(30)34-25)22(28(3)14-16-8-6-5-7-9-16)27-17-10-11-18(19(12-17)31-4)20-13-26-15-32-20/h5-13,15,27H,14H2,1-4H3. The molecule has 0 bridgehead atoms. The molecule has 1 fully saturated rings. The molecule has 0 amide bonds. The van der Waals surface area contributed by atoms with Gasteiger partial charge in [0.05, 0.1) is 18.9 Å². The van der Waals surface area contributed by atoms with Gasteiger partial charge >= 0.3 is 11.9 Å². The van der Waals surface area contributed by atoms with E-state index >= 15 is 0 Å². The summed E-state index contributed by atoms with van der Waals surface area (Å²) < 4.78 is 21.6. The number of methoxy groups -OCH3 is 1. The monoisotopic (exact) mass is 463 g/mol. The van der Waals surface area contributed by atoms with Crippen LogP contribution in [-0.2, 0) is 25.6 Å². The number of hydrogen-bond acceptors (Lipinski definition) is 9. The Hall–Kier alpha value is -4.27. The van der Waals surface area contributed by atoms with Gasteiger partial charge in [0.1, 0.15) is 11.6 Å². The zero-order valence-corrected chi connectivity index (χ0v) is 19.3. The molecule has 0 radical (unpaired) electrons. The Labute approximate surface area is 196 Å². The van der Waals surface area contributed by atoms with Crippen molar-refractivity contribution in [3.63, 3.8) is 0 Å². The lowest BCUT2D eigenvalue weighted by Crippen LogP contribution is -2.44. The van der Waals surface area contributed by atoms with E-state index < -0.39 is 17.7 Å². The van der Waals surface area contributed by atoms with Crippen LogP contribution in [-0.4, -0.2) is 41.8 Å². The Kier molecular flexibility index (Phi) is 6.27. The van der Waals surface area contributed by atoms with Gasteiger partial charge in [-0.1, -0.05) is 30.3 Å². The molecule has 0 aliphatic carbocycles. The highest BCUT2D eigenvalue weighted by Gasteiger charge is 2.42. The number of aromatic nitrogens is 1. The smallest absolute Gasteiger partial charge is 0.352 e. The molecule has 1 aliphatic rings. The molecule has 9 heteroatoms. The molecule has 2 aromatic carbocycles. The molecule has 2 heterocycles. The molecule has 1 saturated heterocycles.